The maximum absolute atomic E-state index is 11.9. The fourth-order valence-corrected chi connectivity index (χ4v) is 1.47. The van der Waals surface area contributed by atoms with E-state index in [1.807, 2.05) is 27.7 Å². The number of rotatable bonds is 5. The van der Waals surface area contributed by atoms with Gasteiger partial charge in [-0.05, 0) is 17.8 Å². The molecule has 0 aliphatic rings. The van der Waals surface area contributed by atoms with E-state index in [-0.39, 0.29) is 29.9 Å². The van der Waals surface area contributed by atoms with Crippen LogP contribution in [0.15, 0.2) is 0 Å². The van der Waals surface area contributed by atoms with E-state index >= 15 is 0 Å². The van der Waals surface area contributed by atoms with E-state index in [0.29, 0.717) is 5.92 Å². The third-order valence-corrected chi connectivity index (χ3v) is 3.02. The van der Waals surface area contributed by atoms with Gasteiger partial charge in [0.1, 0.15) is 0 Å². The number of aliphatic hydroxyl groups excluding tert-OH is 1. The maximum atomic E-state index is 11.9. The first kappa shape index (κ1) is 15.4. The Kier molecular flexibility index (Phi) is 6.01. The Labute approximate surface area is 99.6 Å². The predicted octanol–water partition coefficient (Wildman–Crippen LogP) is 2.19. The normalized spacial score (nSPS) is 16.0. The summed E-state index contributed by atoms with van der Waals surface area (Å²) in [5.41, 5.74) is -0.0398. The van der Waals surface area contributed by atoms with Crippen LogP contribution in [0, 0.1) is 17.3 Å². The first-order valence-electron chi connectivity index (χ1n) is 6.09. The molecule has 2 atom stereocenters. The second-order valence-corrected chi connectivity index (χ2v) is 6.11. The van der Waals surface area contributed by atoms with Crippen LogP contribution >= 0.6 is 0 Å². The molecule has 0 fully saturated rings. The van der Waals surface area contributed by atoms with Crippen molar-refractivity contribution >= 4 is 5.91 Å². The van der Waals surface area contributed by atoms with Gasteiger partial charge < -0.3 is 10.4 Å². The van der Waals surface area contributed by atoms with Crippen molar-refractivity contribution in [2.45, 2.75) is 54.0 Å². The van der Waals surface area contributed by atoms with Gasteiger partial charge in [-0.2, -0.15) is 0 Å². The number of aliphatic hydroxyl groups is 1. The van der Waals surface area contributed by atoms with Crippen molar-refractivity contribution < 1.29 is 9.90 Å². The van der Waals surface area contributed by atoms with E-state index in [0.717, 1.165) is 6.42 Å². The SMILES string of the molecule is CC(C)CC(CO)NC(=O)C(C)C(C)(C)C. The van der Waals surface area contributed by atoms with Crippen molar-refractivity contribution in [3.05, 3.63) is 0 Å². The smallest absolute Gasteiger partial charge is 0.223 e. The molecular formula is C13H27NO2. The molecule has 96 valence electrons. The van der Waals surface area contributed by atoms with Crippen molar-refractivity contribution in [3.8, 4) is 0 Å². The molecule has 0 aliphatic heterocycles. The first-order valence-corrected chi connectivity index (χ1v) is 6.09. The molecule has 0 saturated heterocycles. The standard InChI is InChI=1S/C13H27NO2/c1-9(2)7-11(8-15)14-12(16)10(3)13(4,5)6/h9-11,15H,7-8H2,1-6H3,(H,14,16). The zero-order valence-electron chi connectivity index (χ0n) is 11.5. The lowest BCUT2D eigenvalue weighted by atomic mass is 9.81. The van der Waals surface area contributed by atoms with Crippen molar-refractivity contribution in [2.24, 2.45) is 17.3 Å². The van der Waals surface area contributed by atoms with Crippen molar-refractivity contribution in [3.63, 3.8) is 0 Å². The molecule has 2 unspecified atom stereocenters. The number of hydrogen-bond donors (Lipinski definition) is 2. The van der Waals surface area contributed by atoms with Crippen molar-refractivity contribution in [2.75, 3.05) is 6.61 Å². The Hall–Kier alpha value is -0.570. The quantitative estimate of drug-likeness (QED) is 0.759. The second kappa shape index (κ2) is 6.24. The monoisotopic (exact) mass is 229 g/mol. The topological polar surface area (TPSA) is 49.3 Å². The molecule has 1 amide bonds. The molecule has 0 rings (SSSR count). The minimum atomic E-state index is -0.114. The molecule has 0 spiro atoms. The zero-order valence-corrected chi connectivity index (χ0v) is 11.5. The summed E-state index contributed by atoms with van der Waals surface area (Å²) in [6.45, 7) is 12.3. The number of carbonyl (C=O) groups is 1. The van der Waals surface area contributed by atoms with Crippen LogP contribution in [0.2, 0.25) is 0 Å². The third-order valence-electron chi connectivity index (χ3n) is 3.02. The van der Waals surface area contributed by atoms with Gasteiger partial charge in [-0.25, -0.2) is 0 Å². The van der Waals surface area contributed by atoms with Gasteiger partial charge >= 0.3 is 0 Å². The number of nitrogens with one attached hydrogen (secondary N) is 1. The summed E-state index contributed by atoms with van der Waals surface area (Å²) in [4.78, 5) is 11.9. The predicted molar refractivity (Wildman–Crippen MR) is 67.1 cm³/mol. The van der Waals surface area contributed by atoms with Crippen LogP contribution in [0.25, 0.3) is 0 Å². The Morgan fingerprint density at radius 1 is 1.25 bits per heavy atom. The summed E-state index contributed by atoms with van der Waals surface area (Å²) in [7, 11) is 0. The summed E-state index contributed by atoms with van der Waals surface area (Å²) >= 11 is 0. The number of carbonyl (C=O) groups excluding carboxylic acids is 1. The molecule has 0 aromatic rings. The van der Waals surface area contributed by atoms with Gasteiger partial charge in [-0.15, -0.1) is 0 Å². The van der Waals surface area contributed by atoms with E-state index in [1.54, 1.807) is 0 Å². The molecular weight excluding hydrogens is 202 g/mol. The Morgan fingerprint density at radius 3 is 2.06 bits per heavy atom. The number of hydrogen-bond acceptors (Lipinski definition) is 2. The highest BCUT2D eigenvalue weighted by atomic mass is 16.3. The lowest BCUT2D eigenvalue weighted by molar-refractivity contribution is -0.128. The van der Waals surface area contributed by atoms with Gasteiger partial charge in [0, 0.05) is 5.92 Å². The minimum Gasteiger partial charge on any atom is -0.394 e. The molecule has 0 radical (unpaired) electrons. The van der Waals surface area contributed by atoms with Gasteiger partial charge in [0.15, 0.2) is 0 Å². The van der Waals surface area contributed by atoms with E-state index in [2.05, 4.69) is 19.2 Å². The lowest BCUT2D eigenvalue weighted by Crippen LogP contribution is -2.44. The van der Waals surface area contributed by atoms with Crippen LogP contribution < -0.4 is 5.32 Å². The summed E-state index contributed by atoms with van der Waals surface area (Å²) in [6.07, 6.45) is 0.819. The van der Waals surface area contributed by atoms with Crippen LogP contribution in [0.1, 0.15) is 48.0 Å². The highest BCUT2D eigenvalue weighted by Gasteiger charge is 2.28. The van der Waals surface area contributed by atoms with E-state index in [1.165, 1.54) is 0 Å². The molecule has 0 aliphatic carbocycles. The van der Waals surface area contributed by atoms with Crippen molar-refractivity contribution in [1.82, 2.24) is 5.32 Å². The van der Waals surface area contributed by atoms with Gasteiger partial charge in [-0.3, -0.25) is 4.79 Å². The van der Waals surface area contributed by atoms with Gasteiger partial charge in [-0.1, -0.05) is 41.5 Å². The highest BCUT2D eigenvalue weighted by molar-refractivity contribution is 5.79. The van der Waals surface area contributed by atoms with E-state index in [4.69, 9.17) is 0 Å². The fraction of sp³-hybridized carbons (Fsp3) is 0.923. The molecule has 0 saturated carbocycles. The van der Waals surface area contributed by atoms with Crippen LogP contribution in [0.3, 0.4) is 0 Å². The average molecular weight is 229 g/mol. The molecule has 0 aromatic heterocycles. The molecule has 3 nitrogen and oxygen atoms in total. The van der Waals surface area contributed by atoms with E-state index in [9.17, 15) is 9.90 Å². The minimum absolute atomic E-state index is 0.0147. The first-order chi connectivity index (χ1) is 7.18. The summed E-state index contributed by atoms with van der Waals surface area (Å²) < 4.78 is 0. The fourth-order valence-electron chi connectivity index (χ4n) is 1.47. The Bertz CT molecular complexity index is 218. The third kappa shape index (κ3) is 5.50. The molecule has 2 N–H and O–H groups in total. The lowest BCUT2D eigenvalue weighted by Gasteiger charge is -2.28. The average Bonchev–Trinajstić information content (AvgIpc) is 2.13. The maximum Gasteiger partial charge on any atom is 0.223 e. The van der Waals surface area contributed by atoms with Crippen LogP contribution in [0.4, 0.5) is 0 Å². The van der Waals surface area contributed by atoms with Crippen LogP contribution in [-0.4, -0.2) is 23.7 Å². The van der Waals surface area contributed by atoms with Crippen LogP contribution in [-0.2, 0) is 4.79 Å². The molecule has 0 aromatic carbocycles. The largest absolute Gasteiger partial charge is 0.394 e. The Balaban J connectivity index is 4.31. The van der Waals surface area contributed by atoms with Crippen molar-refractivity contribution in [1.29, 1.82) is 0 Å². The van der Waals surface area contributed by atoms with Gasteiger partial charge in [0.25, 0.3) is 0 Å². The molecule has 16 heavy (non-hydrogen) atoms. The summed E-state index contributed by atoms with van der Waals surface area (Å²) in [5.74, 6) is 0.461. The van der Waals surface area contributed by atoms with Gasteiger partial charge in [0.2, 0.25) is 5.91 Å². The number of amides is 1. The van der Waals surface area contributed by atoms with Crippen LogP contribution in [0.5, 0.6) is 0 Å². The second-order valence-electron chi connectivity index (χ2n) is 6.11. The summed E-state index contributed by atoms with van der Waals surface area (Å²) in [5, 5.41) is 12.1. The zero-order chi connectivity index (χ0) is 12.9. The van der Waals surface area contributed by atoms with E-state index < -0.39 is 0 Å². The summed E-state index contributed by atoms with van der Waals surface area (Å²) in [6, 6.07) is -0.114. The molecule has 0 bridgehead atoms. The highest BCUT2D eigenvalue weighted by Crippen LogP contribution is 2.25. The van der Waals surface area contributed by atoms with Gasteiger partial charge in [0.05, 0.1) is 12.6 Å². The Morgan fingerprint density at radius 2 is 1.75 bits per heavy atom. The molecule has 3 heteroatoms. The molecule has 0 heterocycles.